The molecule has 0 amide bonds. The van der Waals surface area contributed by atoms with Gasteiger partial charge in [0, 0.05) is 15.4 Å². The van der Waals surface area contributed by atoms with Crippen LogP contribution in [0.25, 0.3) is 10.1 Å². The fourth-order valence-electron chi connectivity index (χ4n) is 2.40. The Bertz CT molecular complexity index is 720. The van der Waals surface area contributed by atoms with E-state index in [1.807, 2.05) is 18.2 Å². The monoisotopic (exact) mass is 301 g/mol. The van der Waals surface area contributed by atoms with Crippen LogP contribution in [0, 0.1) is 0 Å². The smallest absolute Gasteiger partial charge is 0.0511 e. The van der Waals surface area contributed by atoms with E-state index in [4.69, 9.17) is 11.6 Å². The molecule has 0 aliphatic carbocycles. The van der Waals surface area contributed by atoms with E-state index < -0.39 is 0 Å². The van der Waals surface area contributed by atoms with E-state index in [9.17, 15) is 0 Å². The molecule has 1 heterocycles. The van der Waals surface area contributed by atoms with Gasteiger partial charge in [0.15, 0.2) is 0 Å². The molecule has 0 saturated carbocycles. The van der Waals surface area contributed by atoms with Gasteiger partial charge in [0.2, 0.25) is 0 Å². The molecule has 3 rings (SSSR count). The Kier molecular flexibility index (Phi) is 3.95. The SMILES string of the molecule is CCC(Nc1ccc2sccc2c1)c1cccc(Cl)c1. The van der Waals surface area contributed by atoms with E-state index in [0.717, 1.165) is 17.1 Å². The van der Waals surface area contributed by atoms with Gasteiger partial charge in [-0.3, -0.25) is 0 Å². The number of halogens is 1. The van der Waals surface area contributed by atoms with Crippen molar-refractivity contribution in [3.63, 3.8) is 0 Å². The first-order valence-electron chi connectivity index (χ1n) is 6.75. The summed E-state index contributed by atoms with van der Waals surface area (Å²) in [6.07, 6.45) is 1.02. The second-order valence-corrected chi connectivity index (χ2v) is 6.22. The van der Waals surface area contributed by atoms with Crippen LogP contribution in [-0.4, -0.2) is 0 Å². The van der Waals surface area contributed by atoms with Crippen LogP contribution in [0.2, 0.25) is 5.02 Å². The third-order valence-electron chi connectivity index (χ3n) is 3.45. The Morgan fingerprint density at radius 3 is 2.85 bits per heavy atom. The van der Waals surface area contributed by atoms with Gasteiger partial charge < -0.3 is 5.32 Å². The third kappa shape index (κ3) is 2.82. The lowest BCUT2D eigenvalue weighted by Gasteiger charge is -2.19. The Morgan fingerprint density at radius 1 is 1.15 bits per heavy atom. The quantitative estimate of drug-likeness (QED) is 0.612. The molecule has 3 heteroatoms. The molecule has 20 heavy (non-hydrogen) atoms. The highest BCUT2D eigenvalue weighted by molar-refractivity contribution is 7.17. The highest BCUT2D eigenvalue weighted by Gasteiger charge is 2.09. The van der Waals surface area contributed by atoms with Crippen LogP contribution >= 0.6 is 22.9 Å². The largest absolute Gasteiger partial charge is 0.378 e. The van der Waals surface area contributed by atoms with Crippen molar-refractivity contribution in [2.45, 2.75) is 19.4 Å². The van der Waals surface area contributed by atoms with Gasteiger partial charge in [-0.25, -0.2) is 0 Å². The lowest BCUT2D eigenvalue weighted by molar-refractivity contribution is 0.750. The van der Waals surface area contributed by atoms with Gasteiger partial charge in [-0.15, -0.1) is 11.3 Å². The predicted octanol–water partition coefficient (Wildman–Crippen LogP) is 6.12. The molecule has 2 aromatic carbocycles. The Hall–Kier alpha value is -1.51. The number of anilines is 1. The van der Waals surface area contributed by atoms with Crippen molar-refractivity contribution in [3.8, 4) is 0 Å². The predicted molar refractivity (Wildman–Crippen MR) is 89.9 cm³/mol. The summed E-state index contributed by atoms with van der Waals surface area (Å²) in [4.78, 5) is 0. The van der Waals surface area contributed by atoms with Crippen molar-refractivity contribution in [2.24, 2.45) is 0 Å². The maximum absolute atomic E-state index is 6.09. The fraction of sp³-hybridized carbons (Fsp3) is 0.176. The molecule has 1 aromatic heterocycles. The average molecular weight is 302 g/mol. The molecule has 0 spiro atoms. The number of benzene rings is 2. The van der Waals surface area contributed by atoms with E-state index in [0.29, 0.717) is 0 Å². The molecule has 3 aromatic rings. The Balaban J connectivity index is 1.87. The summed E-state index contributed by atoms with van der Waals surface area (Å²) in [7, 11) is 0. The van der Waals surface area contributed by atoms with Crippen LogP contribution in [-0.2, 0) is 0 Å². The first-order chi connectivity index (χ1) is 9.76. The summed E-state index contributed by atoms with van der Waals surface area (Å²) in [6.45, 7) is 2.18. The molecule has 0 aliphatic heterocycles. The van der Waals surface area contributed by atoms with Gasteiger partial charge in [0.05, 0.1) is 6.04 Å². The maximum Gasteiger partial charge on any atom is 0.0511 e. The minimum absolute atomic E-state index is 0.282. The van der Waals surface area contributed by atoms with Crippen LogP contribution in [0.15, 0.2) is 53.9 Å². The molecular weight excluding hydrogens is 286 g/mol. The van der Waals surface area contributed by atoms with Gasteiger partial charge in [-0.1, -0.05) is 30.7 Å². The fourth-order valence-corrected chi connectivity index (χ4v) is 3.37. The van der Waals surface area contributed by atoms with Crippen molar-refractivity contribution in [2.75, 3.05) is 5.32 Å². The number of nitrogens with one attached hydrogen (secondary N) is 1. The van der Waals surface area contributed by atoms with E-state index in [1.54, 1.807) is 11.3 Å². The Labute approximate surface area is 128 Å². The van der Waals surface area contributed by atoms with Crippen molar-refractivity contribution in [3.05, 3.63) is 64.5 Å². The number of rotatable bonds is 4. The summed E-state index contributed by atoms with van der Waals surface area (Å²) >= 11 is 7.86. The van der Waals surface area contributed by atoms with Crippen molar-refractivity contribution >= 4 is 38.7 Å². The van der Waals surface area contributed by atoms with E-state index in [-0.39, 0.29) is 6.04 Å². The minimum atomic E-state index is 0.282. The first kappa shape index (κ1) is 13.5. The molecule has 0 saturated heterocycles. The standard InChI is InChI=1S/C17H16ClNS/c1-2-16(12-4-3-5-14(18)10-12)19-15-6-7-17-13(11-15)8-9-20-17/h3-11,16,19H,2H2,1H3. The van der Waals surface area contributed by atoms with E-state index in [2.05, 4.69) is 48.0 Å². The normalized spacial score (nSPS) is 12.5. The van der Waals surface area contributed by atoms with Crippen molar-refractivity contribution < 1.29 is 0 Å². The van der Waals surface area contributed by atoms with Crippen LogP contribution in [0.4, 0.5) is 5.69 Å². The maximum atomic E-state index is 6.09. The molecular formula is C17H16ClNS. The molecule has 1 atom stereocenters. The second-order valence-electron chi connectivity index (χ2n) is 4.83. The Morgan fingerprint density at radius 2 is 2.05 bits per heavy atom. The number of fused-ring (bicyclic) bond motifs is 1. The van der Waals surface area contributed by atoms with Gasteiger partial charge in [0.25, 0.3) is 0 Å². The topological polar surface area (TPSA) is 12.0 Å². The molecule has 1 nitrogen and oxygen atoms in total. The molecule has 0 radical (unpaired) electrons. The summed E-state index contributed by atoms with van der Waals surface area (Å²) < 4.78 is 1.33. The summed E-state index contributed by atoms with van der Waals surface area (Å²) in [5.74, 6) is 0. The van der Waals surface area contributed by atoms with Gasteiger partial charge in [0.1, 0.15) is 0 Å². The van der Waals surface area contributed by atoms with Crippen molar-refractivity contribution in [1.82, 2.24) is 0 Å². The van der Waals surface area contributed by atoms with Crippen LogP contribution in [0.3, 0.4) is 0 Å². The second kappa shape index (κ2) is 5.86. The van der Waals surface area contributed by atoms with Crippen LogP contribution in [0.5, 0.6) is 0 Å². The number of hydrogen-bond donors (Lipinski definition) is 1. The van der Waals surface area contributed by atoms with Gasteiger partial charge >= 0.3 is 0 Å². The lowest BCUT2D eigenvalue weighted by atomic mass is 10.0. The third-order valence-corrected chi connectivity index (χ3v) is 4.59. The average Bonchev–Trinajstić information content (AvgIpc) is 2.92. The highest BCUT2D eigenvalue weighted by Crippen LogP contribution is 2.28. The summed E-state index contributed by atoms with van der Waals surface area (Å²) in [5, 5.41) is 7.81. The first-order valence-corrected chi connectivity index (χ1v) is 8.01. The van der Waals surface area contributed by atoms with Crippen molar-refractivity contribution in [1.29, 1.82) is 0 Å². The zero-order valence-corrected chi connectivity index (χ0v) is 12.8. The molecule has 102 valence electrons. The number of thiophene rings is 1. The molecule has 1 N–H and O–H groups in total. The van der Waals surface area contributed by atoms with Crippen LogP contribution in [0.1, 0.15) is 24.9 Å². The minimum Gasteiger partial charge on any atom is -0.378 e. The molecule has 0 bridgehead atoms. The zero-order chi connectivity index (χ0) is 13.9. The number of hydrogen-bond acceptors (Lipinski definition) is 2. The molecule has 0 fully saturated rings. The molecule has 0 aliphatic rings. The summed E-state index contributed by atoms with van der Waals surface area (Å²) in [5.41, 5.74) is 2.38. The zero-order valence-electron chi connectivity index (χ0n) is 11.3. The lowest BCUT2D eigenvalue weighted by Crippen LogP contribution is -2.09. The van der Waals surface area contributed by atoms with E-state index in [1.165, 1.54) is 15.6 Å². The van der Waals surface area contributed by atoms with Gasteiger partial charge in [-0.05, 0) is 59.1 Å². The van der Waals surface area contributed by atoms with Crippen LogP contribution < -0.4 is 5.32 Å². The highest BCUT2D eigenvalue weighted by atomic mass is 35.5. The summed E-state index contributed by atoms with van der Waals surface area (Å²) in [6, 6.07) is 17.0. The van der Waals surface area contributed by atoms with Gasteiger partial charge in [-0.2, -0.15) is 0 Å². The molecule has 1 unspecified atom stereocenters. The van der Waals surface area contributed by atoms with E-state index >= 15 is 0 Å².